The lowest BCUT2D eigenvalue weighted by Gasteiger charge is -2.25. The molecule has 1 amide bonds. The molecule has 4 aromatic heterocycles. The average molecular weight is 569 g/mol. The molecule has 0 bridgehead atoms. The van der Waals surface area contributed by atoms with Crippen LogP contribution in [-0.4, -0.2) is 49.4 Å². The summed E-state index contributed by atoms with van der Waals surface area (Å²) in [5.74, 6) is -1.47. The van der Waals surface area contributed by atoms with Crippen molar-refractivity contribution in [2.75, 3.05) is 14.1 Å². The van der Waals surface area contributed by atoms with Crippen LogP contribution in [0.3, 0.4) is 0 Å². The van der Waals surface area contributed by atoms with Crippen LogP contribution < -0.4 is 10.3 Å². The van der Waals surface area contributed by atoms with E-state index in [9.17, 15) is 18.4 Å². The van der Waals surface area contributed by atoms with Gasteiger partial charge in [0.05, 0.1) is 23.3 Å². The minimum atomic E-state index is -0.976. The molecule has 0 aliphatic carbocycles. The maximum atomic E-state index is 14.0. The van der Waals surface area contributed by atoms with Crippen LogP contribution in [0.1, 0.15) is 36.6 Å². The number of rotatable bonds is 7. The molecule has 0 N–H and O–H groups in total. The van der Waals surface area contributed by atoms with Gasteiger partial charge in [-0.1, -0.05) is 11.6 Å². The highest BCUT2D eigenvalue weighted by Crippen LogP contribution is 2.28. The first kappa shape index (κ1) is 28.8. The number of amides is 1. The number of pyridine rings is 3. The molecule has 4 heterocycles. The zero-order chi connectivity index (χ0) is 29.4. The van der Waals surface area contributed by atoms with Crippen molar-refractivity contribution in [3.05, 3.63) is 92.6 Å². The first-order valence-corrected chi connectivity index (χ1v) is 12.6. The van der Waals surface area contributed by atoms with E-state index in [1.54, 1.807) is 72.4 Å². The zero-order valence-corrected chi connectivity index (χ0v) is 23.5. The second-order valence-corrected chi connectivity index (χ2v) is 10.3. The molecule has 0 unspecified atom stereocenters. The highest BCUT2D eigenvalue weighted by Gasteiger charge is 2.34. The van der Waals surface area contributed by atoms with Crippen molar-refractivity contribution < 1.29 is 18.3 Å². The van der Waals surface area contributed by atoms with Gasteiger partial charge in [-0.15, -0.1) is 0 Å². The Morgan fingerprint density at radius 3 is 2.48 bits per heavy atom. The van der Waals surface area contributed by atoms with E-state index in [1.807, 2.05) is 0 Å². The number of likely N-dealkylation sites (N-methyl/N-ethyl adjacent to an activating group) is 1. The fourth-order valence-corrected chi connectivity index (χ4v) is 4.33. The van der Waals surface area contributed by atoms with Crippen LogP contribution in [0.2, 0.25) is 5.02 Å². The summed E-state index contributed by atoms with van der Waals surface area (Å²) in [7, 11) is 3.34. The first-order chi connectivity index (χ1) is 18.8. The third-order valence-corrected chi connectivity index (χ3v) is 6.63. The van der Waals surface area contributed by atoms with Crippen LogP contribution >= 0.6 is 11.6 Å². The van der Waals surface area contributed by atoms with E-state index < -0.39 is 22.6 Å². The molecule has 0 fully saturated rings. The maximum Gasteiger partial charge on any atom is 0.277 e. The summed E-state index contributed by atoms with van der Waals surface area (Å²) in [6.45, 7) is 6.63. The summed E-state index contributed by atoms with van der Waals surface area (Å²) in [5.41, 5.74) is 0.937. The lowest BCUT2D eigenvalue weighted by Crippen LogP contribution is -2.40. The van der Waals surface area contributed by atoms with Gasteiger partial charge in [0.1, 0.15) is 40.1 Å². The second-order valence-electron chi connectivity index (χ2n) is 9.92. The van der Waals surface area contributed by atoms with E-state index >= 15 is 0 Å². The van der Waals surface area contributed by atoms with Gasteiger partial charge in [0.15, 0.2) is 5.82 Å². The quantitative estimate of drug-likeness (QED) is 0.321. The molecule has 0 spiro atoms. The summed E-state index contributed by atoms with van der Waals surface area (Å²) in [6, 6.07) is 5.61. The number of hydrogen-bond donors (Lipinski definition) is 0. The van der Waals surface area contributed by atoms with E-state index in [4.69, 9.17) is 16.3 Å². The Balaban J connectivity index is 1.71. The number of ether oxygens (including phenoxy) is 1. The predicted molar refractivity (Wildman–Crippen MR) is 146 cm³/mol. The largest absolute Gasteiger partial charge is 0.485 e. The molecule has 0 aromatic carbocycles. The third kappa shape index (κ3) is 5.55. The molecule has 4 aromatic rings. The highest BCUT2D eigenvalue weighted by atomic mass is 35.5. The van der Waals surface area contributed by atoms with Crippen molar-refractivity contribution in [3.63, 3.8) is 0 Å². The number of carbonyl (C=O) groups excluding carboxylic acids is 1. The van der Waals surface area contributed by atoms with Gasteiger partial charge in [-0.3, -0.25) is 24.1 Å². The minimum Gasteiger partial charge on any atom is -0.485 e. The summed E-state index contributed by atoms with van der Waals surface area (Å²) in [4.78, 5) is 44.7. The highest BCUT2D eigenvalue weighted by molar-refractivity contribution is 6.31. The smallest absolute Gasteiger partial charge is 0.277 e. The van der Waals surface area contributed by atoms with E-state index in [0.29, 0.717) is 40.2 Å². The van der Waals surface area contributed by atoms with Gasteiger partial charge in [0, 0.05) is 44.3 Å². The van der Waals surface area contributed by atoms with Crippen LogP contribution in [0.5, 0.6) is 5.75 Å². The lowest BCUT2D eigenvalue weighted by molar-refractivity contribution is -0.133. The van der Waals surface area contributed by atoms with Crippen LogP contribution in [0.4, 0.5) is 8.78 Å². The number of aryl methyl sites for hydroxylation is 2. The molecule has 0 aliphatic rings. The Morgan fingerprint density at radius 2 is 1.80 bits per heavy atom. The van der Waals surface area contributed by atoms with Gasteiger partial charge >= 0.3 is 0 Å². The van der Waals surface area contributed by atoms with Crippen molar-refractivity contribution in [3.8, 4) is 22.8 Å². The van der Waals surface area contributed by atoms with Crippen molar-refractivity contribution in [2.45, 2.75) is 39.7 Å². The SMILES string of the molecule is Cc1cnc(-c2ccnc(C(C)(C)C(=O)N(C)C)n2)cc1-n1c(C)cc(OCc2ncc(F)cc2F)c(Cl)c1=O. The van der Waals surface area contributed by atoms with Crippen molar-refractivity contribution in [2.24, 2.45) is 0 Å². The molecular formula is C28H27ClF2N6O3. The van der Waals surface area contributed by atoms with Gasteiger partial charge in [0.25, 0.3) is 5.56 Å². The molecule has 0 saturated heterocycles. The molecule has 0 saturated carbocycles. The van der Waals surface area contributed by atoms with E-state index in [0.717, 1.165) is 6.20 Å². The van der Waals surface area contributed by atoms with Gasteiger partial charge in [-0.05, 0) is 45.4 Å². The normalized spacial score (nSPS) is 11.4. The third-order valence-electron chi connectivity index (χ3n) is 6.28. The number of aromatic nitrogens is 5. The van der Waals surface area contributed by atoms with Crippen molar-refractivity contribution in [1.29, 1.82) is 0 Å². The van der Waals surface area contributed by atoms with Crippen LogP contribution in [0.25, 0.3) is 17.1 Å². The number of nitrogens with zero attached hydrogens (tertiary/aromatic N) is 6. The topological polar surface area (TPSA) is 103 Å². The molecule has 208 valence electrons. The predicted octanol–water partition coefficient (Wildman–Crippen LogP) is 4.58. The maximum absolute atomic E-state index is 14.0. The van der Waals surface area contributed by atoms with E-state index in [-0.39, 0.29) is 29.0 Å². The Morgan fingerprint density at radius 1 is 1.07 bits per heavy atom. The Hall–Kier alpha value is -4.25. The molecule has 4 rings (SSSR count). The fourth-order valence-electron chi connectivity index (χ4n) is 4.13. The number of halogens is 3. The fraction of sp³-hybridized carbons (Fsp3) is 0.286. The van der Waals surface area contributed by atoms with Gasteiger partial charge in [-0.25, -0.2) is 18.7 Å². The monoisotopic (exact) mass is 568 g/mol. The number of hydrogen-bond acceptors (Lipinski definition) is 7. The van der Waals surface area contributed by atoms with E-state index in [2.05, 4.69) is 19.9 Å². The molecular weight excluding hydrogens is 542 g/mol. The summed E-state index contributed by atoms with van der Waals surface area (Å²) in [6.07, 6.45) is 4.04. The molecule has 0 aliphatic heterocycles. The van der Waals surface area contributed by atoms with Crippen LogP contribution in [0, 0.1) is 25.5 Å². The molecule has 9 nitrogen and oxygen atoms in total. The Labute approximate surface area is 234 Å². The molecule has 0 radical (unpaired) electrons. The summed E-state index contributed by atoms with van der Waals surface area (Å²) >= 11 is 6.38. The second kappa shape index (κ2) is 11.1. The van der Waals surface area contributed by atoms with Crippen LogP contribution in [0.15, 0.2) is 47.7 Å². The van der Waals surface area contributed by atoms with Gasteiger partial charge < -0.3 is 9.64 Å². The van der Waals surface area contributed by atoms with Crippen molar-refractivity contribution in [1.82, 2.24) is 29.4 Å². The first-order valence-electron chi connectivity index (χ1n) is 12.2. The Kier molecular flexibility index (Phi) is 7.97. The van der Waals surface area contributed by atoms with Crippen LogP contribution in [-0.2, 0) is 16.8 Å². The van der Waals surface area contributed by atoms with Gasteiger partial charge in [-0.2, -0.15) is 0 Å². The van der Waals surface area contributed by atoms with E-state index in [1.165, 1.54) is 9.47 Å². The van der Waals surface area contributed by atoms with Crippen molar-refractivity contribution >= 4 is 17.5 Å². The Bertz CT molecular complexity index is 1670. The molecule has 40 heavy (non-hydrogen) atoms. The summed E-state index contributed by atoms with van der Waals surface area (Å²) in [5, 5.41) is -0.223. The summed E-state index contributed by atoms with van der Waals surface area (Å²) < 4.78 is 34.1. The standard InChI is InChI=1S/C28H27ClF2N6O3/c1-15-12-33-20(19-7-8-32-26(35-19)28(3,4)27(39)36(5)6)11-22(15)37-16(2)9-23(24(29)25(37)38)40-14-21-18(31)10-17(30)13-34-21/h7-13H,14H2,1-6H3. The zero-order valence-electron chi connectivity index (χ0n) is 22.8. The lowest BCUT2D eigenvalue weighted by atomic mass is 9.90. The molecule has 0 atom stereocenters. The van der Waals surface area contributed by atoms with Gasteiger partial charge in [0.2, 0.25) is 5.91 Å². The minimum absolute atomic E-state index is 0.0334. The molecule has 12 heteroatoms. The average Bonchev–Trinajstić information content (AvgIpc) is 2.91. The number of carbonyl (C=O) groups is 1.